The third-order valence-corrected chi connectivity index (χ3v) is 12.7. The number of anilines is 3. The molecule has 0 fully saturated rings. The van der Waals surface area contributed by atoms with Gasteiger partial charge in [-0.05, 0) is 88.0 Å². The smallest absolute Gasteiger partial charge is 0.0755 e. The molecule has 0 bridgehead atoms. The van der Waals surface area contributed by atoms with Crippen molar-refractivity contribution in [3.05, 3.63) is 204 Å². The van der Waals surface area contributed by atoms with Gasteiger partial charge in [0, 0.05) is 48.0 Å². The molecule has 0 amide bonds. The fourth-order valence-corrected chi connectivity index (χ4v) is 10.7. The molecule has 2 aromatic heterocycles. The Morgan fingerprint density at radius 1 is 0.404 bits per heavy atom. The molecule has 0 saturated carbocycles. The number of benzene rings is 8. The lowest BCUT2D eigenvalue weighted by atomic mass is 9.65. The second-order valence-electron chi connectivity index (χ2n) is 14.0. The van der Waals surface area contributed by atoms with Crippen molar-refractivity contribution < 1.29 is 0 Å². The van der Waals surface area contributed by atoms with E-state index >= 15 is 0 Å². The monoisotopic (exact) mass is 678 g/mol. The molecule has 0 saturated heterocycles. The van der Waals surface area contributed by atoms with Gasteiger partial charge in [-0.1, -0.05) is 127 Å². The number of thiophene rings is 1. The van der Waals surface area contributed by atoms with Crippen LogP contribution in [0.4, 0.5) is 17.1 Å². The number of aromatic nitrogens is 1. The lowest BCUT2D eigenvalue weighted by Gasteiger charge is -2.40. The van der Waals surface area contributed by atoms with Gasteiger partial charge in [0.1, 0.15) is 0 Å². The Morgan fingerprint density at radius 3 is 1.85 bits per heavy atom. The normalized spacial score (nSPS) is 13.5. The minimum Gasteiger partial charge on any atom is -0.310 e. The van der Waals surface area contributed by atoms with Gasteiger partial charge in [0.2, 0.25) is 0 Å². The van der Waals surface area contributed by atoms with Gasteiger partial charge in [-0.3, -0.25) is 0 Å². The molecule has 3 heterocycles. The lowest BCUT2D eigenvalue weighted by Crippen LogP contribution is -2.33. The van der Waals surface area contributed by atoms with E-state index in [4.69, 9.17) is 0 Å². The Labute approximate surface area is 305 Å². The third kappa shape index (κ3) is 3.53. The van der Waals surface area contributed by atoms with Crippen LogP contribution in [-0.4, -0.2) is 4.57 Å². The van der Waals surface area contributed by atoms with E-state index in [2.05, 4.69) is 191 Å². The Morgan fingerprint density at radius 2 is 1.02 bits per heavy atom. The lowest BCUT2D eigenvalue weighted by molar-refractivity contribution is 0.748. The van der Waals surface area contributed by atoms with Crippen LogP contribution in [0.3, 0.4) is 0 Å². The SMILES string of the molecule is c1ccc(N(c2ccc3c(c2)C2(c4ccccc4-c4ccccc42)c2cccc4c5ccccc5n-3c24)c2ccc3c(c2)sc2ccccc23)cc1. The van der Waals surface area contributed by atoms with Crippen LogP contribution < -0.4 is 4.90 Å². The summed E-state index contributed by atoms with van der Waals surface area (Å²) in [6, 6.07) is 67.8. The largest absolute Gasteiger partial charge is 0.310 e. The second-order valence-corrected chi connectivity index (χ2v) is 15.1. The molecule has 0 atom stereocenters. The van der Waals surface area contributed by atoms with Gasteiger partial charge in [0.05, 0.1) is 22.1 Å². The molecule has 0 radical (unpaired) electrons. The first-order valence-electron chi connectivity index (χ1n) is 17.9. The Hall–Kier alpha value is -6.42. The molecule has 2 aliphatic rings. The van der Waals surface area contributed by atoms with Crippen molar-refractivity contribution in [3.63, 3.8) is 0 Å². The molecule has 2 nitrogen and oxygen atoms in total. The van der Waals surface area contributed by atoms with Gasteiger partial charge in [-0.15, -0.1) is 11.3 Å². The average molecular weight is 679 g/mol. The fraction of sp³-hybridized carbons (Fsp3) is 0.0204. The highest BCUT2D eigenvalue weighted by Gasteiger charge is 2.51. The number of rotatable bonds is 3. The van der Waals surface area contributed by atoms with Crippen molar-refractivity contribution >= 4 is 70.4 Å². The molecule has 10 aromatic rings. The molecule has 1 spiro atoms. The van der Waals surface area contributed by atoms with Crippen LogP contribution in [0.5, 0.6) is 0 Å². The molecule has 12 rings (SSSR count). The van der Waals surface area contributed by atoms with Crippen molar-refractivity contribution in [1.82, 2.24) is 4.57 Å². The highest BCUT2D eigenvalue weighted by Crippen LogP contribution is 2.61. The molecule has 1 aliphatic heterocycles. The summed E-state index contributed by atoms with van der Waals surface area (Å²) in [6.45, 7) is 0. The Kier molecular flexibility index (Phi) is 5.62. The number of hydrogen-bond donors (Lipinski definition) is 0. The maximum atomic E-state index is 2.53. The topological polar surface area (TPSA) is 8.17 Å². The second kappa shape index (κ2) is 10.3. The van der Waals surface area contributed by atoms with E-state index in [0.29, 0.717) is 0 Å². The highest BCUT2D eigenvalue weighted by molar-refractivity contribution is 7.25. The van der Waals surface area contributed by atoms with Crippen LogP contribution in [0.1, 0.15) is 22.3 Å². The van der Waals surface area contributed by atoms with Crippen LogP contribution in [0.2, 0.25) is 0 Å². The van der Waals surface area contributed by atoms with Gasteiger partial charge >= 0.3 is 0 Å². The molecule has 242 valence electrons. The zero-order chi connectivity index (χ0) is 34.0. The first-order valence-corrected chi connectivity index (χ1v) is 18.8. The van der Waals surface area contributed by atoms with Crippen molar-refractivity contribution in [2.45, 2.75) is 5.41 Å². The summed E-state index contributed by atoms with van der Waals surface area (Å²) in [5, 5.41) is 5.21. The number of fused-ring (bicyclic) bond motifs is 15. The summed E-state index contributed by atoms with van der Waals surface area (Å²) in [7, 11) is 0. The molecular formula is C49H30N2S. The molecule has 3 heteroatoms. The van der Waals surface area contributed by atoms with Crippen LogP contribution in [-0.2, 0) is 5.41 Å². The Balaban J connectivity index is 1.20. The van der Waals surface area contributed by atoms with Crippen LogP contribution in [0.25, 0.3) is 58.8 Å². The van der Waals surface area contributed by atoms with E-state index < -0.39 is 5.41 Å². The van der Waals surface area contributed by atoms with Gasteiger partial charge < -0.3 is 9.47 Å². The zero-order valence-corrected chi connectivity index (χ0v) is 28.9. The van der Waals surface area contributed by atoms with Crippen LogP contribution in [0, 0.1) is 0 Å². The van der Waals surface area contributed by atoms with Crippen molar-refractivity contribution in [2.24, 2.45) is 0 Å². The first kappa shape index (κ1) is 28.3. The predicted molar refractivity (Wildman–Crippen MR) is 219 cm³/mol. The van der Waals surface area contributed by atoms with E-state index in [0.717, 1.165) is 17.1 Å². The van der Waals surface area contributed by atoms with Gasteiger partial charge in [-0.25, -0.2) is 0 Å². The van der Waals surface area contributed by atoms with E-state index in [1.165, 1.54) is 81.0 Å². The number of nitrogens with zero attached hydrogens (tertiary/aromatic N) is 2. The van der Waals surface area contributed by atoms with Gasteiger partial charge in [0.25, 0.3) is 0 Å². The number of para-hydroxylation sites is 3. The standard InChI is InChI=1S/C49H30N2S/c1-2-13-31(14-3-1)50(33-25-27-38-37-18-7-11-24-46(37)52-47(38)30-33)32-26-28-45-43(29-32)49(40-20-8-4-15-34(40)35-16-5-9-21-41(35)49)42-22-12-19-39-36-17-6-10-23-44(36)51(45)48(39)42/h1-30H. The molecular weight excluding hydrogens is 649 g/mol. The molecule has 1 aliphatic carbocycles. The Bertz CT molecular complexity index is 3050. The zero-order valence-electron chi connectivity index (χ0n) is 28.1. The van der Waals surface area contributed by atoms with Gasteiger partial charge in [0.15, 0.2) is 0 Å². The summed E-state index contributed by atoms with van der Waals surface area (Å²) in [6.07, 6.45) is 0. The minimum absolute atomic E-state index is 0.500. The highest BCUT2D eigenvalue weighted by atomic mass is 32.1. The minimum atomic E-state index is -0.500. The predicted octanol–water partition coefficient (Wildman–Crippen LogP) is 13.3. The van der Waals surface area contributed by atoms with E-state index in [1.807, 2.05) is 11.3 Å². The van der Waals surface area contributed by atoms with Crippen molar-refractivity contribution in [2.75, 3.05) is 4.90 Å². The molecule has 0 unspecified atom stereocenters. The maximum Gasteiger partial charge on any atom is 0.0755 e. The fourth-order valence-electron chi connectivity index (χ4n) is 9.57. The van der Waals surface area contributed by atoms with E-state index in [-0.39, 0.29) is 0 Å². The van der Waals surface area contributed by atoms with Crippen molar-refractivity contribution in [3.8, 4) is 16.8 Å². The molecule has 0 N–H and O–H groups in total. The van der Waals surface area contributed by atoms with E-state index in [9.17, 15) is 0 Å². The van der Waals surface area contributed by atoms with E-state index in [1.54, 1.807) is 0 Å². The quantitative estimate of drug-likeness (QED) is 0.181. The van der Waals surface area contributed by atoms with Crippen LogP contribution >= 0.6 is 11.3 Å². The average Bonchev–Trinajstić information content (AvgIpc) is 3.85. The third-order valence-electron chi connectivity index (χ3n) is 11.6. The first-order chi connectivity index (χ1) is 25.8. The summed E-state index contributed by atoms with van der Waals surface area (Å²) >= 11 is 1.87. The maximum absolute atomic E-state index is 2.53. The number of hydrogen-bond acceptors (Lipinski definition) is 2. The summed E-state index contributed by atoms with van der Waals surface area (Å²) in [5.41, 5.74) is 14.6. The molecule has 52 heavy (non-hydrogen) atoms. The summed E-state index contributed by atoms with van der Waals surface area (Å²) < 4.78 is 5.14. The van der Waals surface area contributed by atoms with Crippen LogP contribution in [0.15, 0.2) is 182 Å². The van der Waals surface area contributed by atoms with Crippen molar-refractivity contribution in [1.29, 1.82) is 0 Å². The molecule has 8 aromatic carbocycles. The van der Waals surface area contributed by atoms with Gasteiger partial charge in [-0.2, -0.15) is 0 Å². The summed E-state index contributed by atoms with van der Waals surface area (Å²) in [4.78, 5) is 2.44. The summed E-state index contributed by atoms with van der Waals surface area (Å²) in [5.74, 6) is 0.